The van der Waals surface area contributed by atoms with Gasteiger partial charge in [0, 0.05) is 56.7 Å². The van der Waals surface area contributed by atoms with E-state index >= 15 is 0 Å². The van der Waals surface area contributed by atoms with Crippen LogP contribution in [0.4, 0.5) is 24.8 Å². The van der Waals surface area contributed by atoms with Crippen LogP contribution in [0.3, 0.4) is 0 Å². The minimum absolute atomic E-state index is 0.214. The Morgan fingerprint density at radius 2 is 1.88 bits per heavy atom. The summed E-state index contributed by atoms with van der Waals surface area (Å²) in [5.74, 6) is 0.840. The number of ether oxygens (including phenoxy) is 1. The number of hydrogen-bond donors (Lipinski definition) is 2. The predicted octanol–water partition coefficient (Wildman–Crippen LogP) is 5.38. The molecule has 2 fully saturated rings. The summed E-state index contributed by atoms with van der Waals surface area (Å²) in [5.41, 5.74) is 0.992. The summed E-state index contributed by atoms with van der Waals surface area (Å²) in [6, 6.07) is 10.6. The number of nitrogens with one attached hydrogen (secondary N) is 2. The Kier molecular flexibility index (Phi) is 8.44. The van der Waals surface area contributed by atoms with Gasteiger partial charge in [0.05, 0.1) is 28.7 Å². The van der Waals surface area contributed by atoms with Gasteiger partial charge in [-0.25, -0.2) is 9.97 Å². The van der Waals surface area contributed by atoms with Crippen LogP contribution in [0.15, 0.2) is 30.5 Å². The minimum Gasteiger partial charge on any atom is -0.381 e. The topological polar surface area (TPSA) is 117 Å². The lowest BCUT2D eigenvalue weighted by atomic mass is 9.82. The van der Waals surface area contributed by atoms with E-state index in [-0.39, 0.29) is 18.6 Å². The molecule has 2 N–H and O–H groups in total. The van der Waals surface area contributed by atoms with Gasteiger partial charge in [-0.1, -0.05) is 17.7 Å². The highest BCUT2D eigenvalue weighted by molar-refractivity contribution is 6.33. The molecule has 1 saturated heterocycles. The second-order valence-corrected chi connectivity index (χ2v) is 11.9. The van der Waals surface area contributed by atoms with Crippen LogP contribution >= 0.6 is 11.6 Å². The fourth-order valence-electron chi connectivity index (χ4n) is 6.24. The molecule has 6 rings (SSSR count). The lowest BCUT2D eigenvalue weighted by molar-refractivity contribution is -0.148. The van der Waals surface area contributed by atoms with Gasteiger partial charge in [-0.05, 0) is 56.7 Å². The second-order valence-electron chi connectivity index (χ2n) is 11.5. The first kappa shape index (κ1) is 29.6. The zero-order chi connectivity index (χ0) is 30.0. The first-order valence-electron chi connectivity index (χ1n) is 14.6. The third-order valence-corrected chi connectivity index (χ3v) is 9.08. The predicted molar refractivity (Wildman–Crippen MR) is 154 cm³/mol. The zero-order valence-electron chi connectivity index (χ0n) is 23.6. The van der Waals surface area contributed by atoms with Crippen molar-refractivity contribution in [3.05, 3.63) is 47.1 Å². The average molecular weight is 616 g/mol. The molecule has 1 aliphatic carbocycles. The van der Waals surface area contributed by atoms with Gasteiger partial charge in [0.1, 0.15) is 17.5 Å². The Balaban J connectivity index is 1.06. The lowest BCUT2D eigenvalue weighted by Gasteiger charge is -2.39. The molecule has 2 aliphatic heterocycles. The smallest absolute Gasteiger partial charge is 0.381 e. The molecule has 1 saturated carbocycles. The maximum atomic E-state index is 13.2. The highest BCUT2D eigenvalue weighted by atomic mass is 35.5. The Labute approximate surface area is 252 Å². The third kappa shape index (κ3) is 6.56. The SMILES string of the molecule is N#CC1(CNc2cccc(-c3cc(N[C@H]4CC[C@H](N5CCn6c(nnc6C(F)(F)F)C5)CC4)ncc3Cl)n2)CCOCC1. The van der Waals surface area contributed by atoms with Crippen molar-refractivity contribution in [3.63, 3.8) is 0 Å². The van der Waals surface area contributed by atoms with Crippen molar-refractivity contribution in [2.75, 3.05) is 36.9 Å². The monoisotopic (exact) mass is 615 g/mol. The molecular formula is C29H33ClF3N9O. The number of anilines is 2. The highest BCUT2D eigenvalue weighted by Gasteiger charge is 2.40. The number of alkyl halides is 3. The number of halogens is 4. The largest absolute Gasteiger partial charge is 0.451 e. The summed E-state index contributed by atoms with van der Waals surface area (Å²) in [7, 11) is 0. The number of rotatable bonds is 7. The van der Waals surface area contributed by atoms with Crippen LogP contribution in [0.5, 0.6) is 0 Å². The molecule has 0 unspecified atom stereocenters. The van der Waals surface area contributed by atoms with Crippen molar-refractivity contribution in [2.24, 2.45) is 5.41 Å². The molecule has 0 aromatic carbocycles. The average Bonchev–Trinajstić information content (AvgIpc) is 3.46. The van der Waals surface area contributed by atoms with Gasteiger partial charge < -0.3 is 19.9 Å². The van der Waals surface area contributed by atoms with Crippen molar-refractivity contribution >= 4 is 23.2 Å². The summed E-state index contributed by atoms with van der Waals surface area (Å²) in [6.45, 7) is 2.83. The van der Waals surface area contributed by atoms with E-state index in [1.165, 1.54) is 4.57 Å². The Bertz CT molecular complexity index is 1480. The van der Waals surface area contributed by atoms with Gasteiger partial charge in [0.25, 0.3) is 0 Å². The fourth-order valence-corrected chi connectivity index (χ4v) is 6.44. The van der Waals surface area contributed by atoms with E-state index in [9.17, 15) is 18.4 Å². The summed E-state index contributed by atoms with van der Waals surface area (Å²) in [5, 5.41) is 24.3. The first-order valence-corrected chi connectivity index (χ1v) is 15.0. The molecule has 14 heteroatoms. The molecule has 0 amide bonds. The number of fused-ring (bicyclic) bond motifs is 1. The van der Waals surface area contributed by atoms with E-state index in [2.05, 4.69) is 36.8 Å². The van der Waals surface area contributed by atoms with Crippen LogP contribution in [-0.4, -0.2) is 68.0 Å². The van der Waals surface area contributed by atoms with Gasteiger partial charge in [0.15, 0.2) is 0 Å². The maximum Gasteiger partial charge on any atom is 0.451 e. The summed E-state index contributed by atoms with van der Waals surface area (Å²) in [4.78, 5) is 11.5. The van der Waals surface area contributed by atoms with E-state index in [0.29, 0.717) is 73.9 Å². The van der Waals surface area contributed by atoms with Crippen molar-refractivity contribution in [2.45, 2.75) is 69.9 Å². The molecule has 43 heavy (non-hydrogen) atoms. The zero-order valence-corrected chi connectivity index (χ0v) is 24.3. The van der Waals surface area contributed by atoms with Crippen LogP contribution < -0.4 is 10.6 Å². The molecule has 10 nitrogen and oxygen atoms in total. The minimum atomic E-state index is -4.49. The quantitative estimate of drug-likeness (QED) is 0.361. The van der Waals surface area contributed by atoms with Gasteiger partial charge in [-0.2, -0.15) is 18.4 Å². The number of nitriles is 1. The van der Waals surface area contributed by atoms with Crippen LogP contribution in [0, 0.1) is 16.7 Å². The van der Waals surface area contributed by atoms with Crippen LogP contribution in [0.1, 0.15) is 50.2 Å². The summed E-state index contributed by atoms with van der Waals surface area (Å²) in [6.07, 6.45) is 2.16. The molecule has 228 valence electrons. The molecular weight excluding hydrogens is 583 g/mol. The van der Waals surface area contributed by atoms with E-state index in [0.717, 1.165) is 31.2 Å². The first-order chi connectivity index (χ1) is 20.7. The highest BCUT2D eigenvalue weighted by Crippen LogP contribution is 2.34. The maximum absolute atomic E-state index is 13.2. The molecule has 0 spiro atoms. The van der Waals surface area contributed by atoms with Gasteiger partial charge in [-0.3, -0.25) is 4.90 Å². The number of pyridine rings is 2. The Hall–Kier alpha value is -3.47. The summed E-state index contributed by atoms with van der Waals surface area (Å²) < 4.78 is 46.2. The van der Waals surface area contributed by atoms with Crippen molar-refractivity contribution in [1.82, 2.24) is 29.6 Å². The van der Waals surface area contributed by atoms with E-state index < -0.39 is 17.4 Å². The molecule has 0 atom stereocenters. The van der Waals surface area contributed by atoms with E-state index in [4.69, 9.17) is 21.3 Å². The van der Waals surface area contributed by atoms with Crippen molar-refractivity contribution in [1.29, 1.82) is 5.26 Å². The Morgan fingerprint density at radius 3 is 2.63 bits per heavy atom. The van der Waals surface area contributed by atoms with E-state index in [1.54, 1.807) is 6.20 Å². The number of nitrogens with zero attached hydrogens (tertiary/aromatic N) is 7. The normalized spacial score (nSPS) is 22.4. The van der Waals surface area contributed by atoms with Crippen molar-refractivity contribution in [3.8, 4) is 17.3 Å². The van der Waals surface area contributed by atoms with Crippen molar-refractivity contribution < 1.29 is 17.9 Å². The van der Waals surface area contributed by atoms with Crippen LogP contribution in [-0.2, 0) is 24.0 Å². The molecule has 3 aromatic heterocycles. The second kappa shape index (κ2) is 12.3. The standard InChI is InChI=1S/C29H33ClF3N9O/c30-22-15-35-25(14-21(22)23-2-1-3-24(38-23)36-18-28(17-34)8-12-43-13-9-28)37-19-4-6-20(7-5-19)41-10-11-42-26(16-41)39-40-27(42)29(31,32)33/h1-3,14-15,19-20H,4-13,16,18H2,(H,35,37)(H,36,38)/t19-,20-. The fraction of sp³-hybridized carbons (Fsp3) is 0.552. The molecule has 5 heterocycles. The summed E-state index contributed by atoms with van der Waals surface area (Å²) >= 11 is 6.55. The van der Waals surface area contributed by atoms with Crippen LogP contribution in [0.2, 0.25) is 5.02 Å². The molecule has 3 aromatic rings. The number of hydrogen-bond acceptors (Lipinski definition) is 9. The third-order valence-electron chi connectivity index (χ3n) is 8.78. The molecule has 3 aliphatic rings. The Morgan fingerprint density at radius 1 is 1.09 bits per heavy atom. The van der Waals surface area contributed by atoms with Gasteiger partial charge in [-0.15, -0.1) is 10.2 Å². The lowest BCUT2D eigenvalue weighted by Crippen LogP contribution is -2.44. The van der Waals surface area contributed by atoms with E-state index in [1.807, 2.05) is 24.3 Å². The molecule has 0 radical (unpaired) electrons. The number of aromatic nitrogens is 5. The van der Waals surface area contributed by atoms with Gasteiger partial charge >= 0.3 is 6.18 Å². The van der Waals surface area contributed by atoms with Crippen LogP contribution in [0.25, 0.3) is 11.3 Å². The molecule has 0 bridgehead atoms. The van der Waals surface area contributed by atoms with Gasteiger partial charge in [0.2, 0.25) is 5.82 Å².